The molecule has 0 radical (unpaired) electrons. The number of halogens is 6. The number of hydrogen-bond donors (Lipinski definition) is 1. The van der Waals surface area contributed by atoms with Crippen LogP contribution in [0.15, 0.2) is 127 Å². The normalized spacial score (nSPS) is 20.6. The predicted molar refractivity (Wildman–Crippen MR) is 230 cm³/mol. The zero-order chi connectivity index (χ0) is 45.8. The van der Waals surface area contributed by atoms with Gasteiger partial charge < -0.3 is 9.84 Å². The van der Waals surface area contributed by atoms with Crippen molar-refractivity contribution in [1.82, 2.24) is 40.4 Å². The summed E-state index contributed by atoms with van der Waals surface area (Å²) < 4.78 is 106. The minimum atomic E-state index is -4.37. The summed E-state index contributed by atoms with van der Waals surface area (Å²) in [6, 6.07) is 34.7. The van der Waals surface area contributed by atoms with Crippen molar-refractivity contribution in [2.75, 3.05) is 23.0 Å². The van der Waals surface area contributed by atoms with Gasteiger partial charge in [-0.1, -0.05) is 103 Å². The summed E-state index contributed by atoms with van der Waals surface area (Å²) in [5, 5.41) is 35.5. The fraction of sp³-hybridized carbons (Fsp3) is 0.289. The molecule has 1 N–H and O–H groups in total. The zero-order valence-corrected chi connectivity index (χ0v) is 36.0. The van der Waals surface area contributed by atoms with E-state index in [1.165, 1.54) is 33.9 Å². The van der Waals surface area contributed by atoms with Crippen molar-refractivity contribution in [3.05, 3.63) is 166 Å². The smallest absolute Gasteiger partial charge is 0.386 e. The van der Waals surface area contributed by atoms with E-state index in [4.69, 9.17) is 4.74 Å². The molecule has 0 saturated carbocycles. The third-order valence-corrected chi connectivity index (χ3v) is 14.1. The van der Waals surface area contributed by atoms with Gasteiger partial charge in [-0.05, 0) is 75.4 Å². The molecule has 9 rings (SSSR count). The first-order valence-electron chi connectivity index (χ1n) is 20.2. The maximum atomic E-state index is 12.9. The molecule has 2 saturated heterocycles. The van der Waals surface area contributed by atoms with Gasteiger partial charge in [0.15, 0.2) is 0 Å². The van der Waals surface area contributed by atoms with Crippen molar-refractivity contribution in [1.29, 1.82) is 0 Å². The summed E-state index contributed by atoms with van der Waals surface area (Å²) in [5.74, 6) is 1.96. The Morgan fingerprint density at radius 2 is 0.985 bits per heavy atom. The number of aliphatic hydroxyl groups is 1. The molecular formula is C45H40F6N8O4S2. The number of hydrogen-bond acceptors (Lipinski definition) is 10. The first-order chi connectivity index (χ1) is 31.0. The first-order valence-corrected chi connectivity index (χ1v) is 23.1. The van der Waals surface area contributed by atoms with Gasteiger partial charge in [-0.2, -0.15) is 35.9 Å². The molecule has 0 amide bonds. The summed E-state index contributed by atoms with van der Waals surface area (Å²) in [6.07, 6.45) is -7.90. The third kappa shape index (κ3) is 11.5. The molecular weight excluding hydrogens is 895 g/mol. The van der Waals surface area contributed by atoms with Gasteiger partial charge in [0.1, 0.15) is 11.2 Å². The van der Waals surface area contributed by atoms with Crippen LogP contribution >= 0.6 is 0 Å². The minimum absolute atomic E-state index is 0.104. The topological polar surface area (TPSA) is 151 Å². The Kier molecular flexibility index (Phi) is 13.2. The predicted octanol–water partition coefficient (Wildman–Crippen LogP) is 7.11. The van der Waals surface area contributed by atoms with Crippen molar-refractivity contribution in [2.45, 2.75) is 56.1 Å². The molecule has 4 heterocycles. The number of ether oxygens (including phenoxy) is 1. The van der Waals surface area contributed by atoms with Gasteiger partial charge in [-0.25, -0.2) is 0 Å². The van der Waals surface area contributed by atoms with Crippen LogP contribution in [-0.2, 0) is 71.2 Å². The molecule has 2 fully saturated rings. The highest BCUT2D eigenvalue weighted by Crippen LogP contribution is 2.33. The Bertz CT molecular complexity index is 2770. The highest BCUT2D eigenvalue weighted by molar-refractivity contribution is 7.86. The average Bonchev–Trinajstić information content (AvgIpc) is 3.92. The molecule has 0 aliphatic carbocycles. The number of tetrazole rings is 2. The van der Waals surface area contributed by atoms with E-state index < -0.39 is 56.3 Å². The second-order valence-electron chi connectivity index (χ2n) is 16.0. The van der Waals surface area contributed by atoms with Gasteiger partial charge in [0.25, 0.3) is 0 Å². The molecule has 0 unspecified atom stereocenters. The molecule has 5 aromatic carbocycles. The monoisotopic (exact) mass is 934 g/mol. The van der Waals surface area contributed by atoms with Crippen LogP contribution in [0.4, 0.5) is 26.3 Å². The van der Waals surface area contributed by atoms with Crippen LogP contribution in [0.25, 0.3) is 22.8 Å². The Balaban J connectivity index is 0.000000181. The van der Waals surface area contributed by atoms with Crippen LogP contribution in [0.2, 0.25) is 0 Å². The van der Waals surface area contributed by atoms with Crippen LogP contribution in [0.1, 0.15) is 38.9 Å². The van der Waals surface area contributed by atoms with Gasteiger partial charge in [-0.3, -0.25) is 8.42 Å². The largest absolute Gasteiger partial charge is 0.416 e. The summed E-state index contributed by atoms with van der Waals surface area (Å²) in [6.45, 7) is 0.821. The fourth-order valence-electron chi connectivity index (χ4n) is 7.43. The first kappa shape index (κ1) is 45.6. The Morgan fingerprint density at radius 3 is 1.43 bits per heavy atom. The van der Waals surface area contributed by atoms with Crippen molar-refractivity contribution < 1.29 is 44.6 Å². The number of nitrogens with zero attached hydrogens (tertiary/aromatic N) is 8. The highest BCUT2D eigenvalue weighted by atomic mass is 32.2. The van der Waals surface area contributed by atoms with E-state index in [-0.39, 0.29) is 18.1 Å². The molecule has 12 nitrogen and oxygen atoms in total. The Hall–Kier alpha value is -5.96. The van der Waals surface area contributed by atoms with Crippen molar-refractivity contribution in [3.8, 4) is 22.8 Å². The Labute approximate surface area is 373 Å². The van der Waals surface area contributed by atoms with E-state index in [2.05, 4.69) is 30.8 Å². The molecule has 20 heteroatoms. The lowest BCUT2D eigenvalue weighted by atomic mass is 9.98. The Morgan fingerprint density at radius 1 is 0.554 bits per heavy atom. The van der Waals surface area contributed by atoms with Gasteiger partial charge >= 0.3 is 12.4 Å². The van der Waals surface area contributed by atoms with E-state index in [9.17, 15) is 39.9 Å². The lowest BCUT2D eigenvalue weighted by molar-refractivity contribution is -0.138. The van der Waals surface area contributed by atoms with E-state index in [0.29, 0.717) is 54.7 Å². The lowest BCUT2D eigenvalue weighted by Gasteiger charge is -2.39. The number of alkyl halides is 6. The van der Waals surface area contributed by atoms with Gasteiger partial charge in [0, 0.05) is 32.7 Å². The second kappa shape index (κ2) is 18.9. The summed E-state index contributed by atoms with van der Waals surface area (Å²) in [4.78, 5) is 2.74. The van der Waals surface area contributed by atoms with Crippen LogP contribution in [-0.4, -0.2) is 88.2 Å². The maximum absolute atomic E-state index is 12.9. The van der Waals surface area contributed by atoms with E-state index >= 15 is 0 Å². The summed E-state index contributed by atoms with van der Waals surface area (Å²) >= 11 is 0. The summed E-state index contributed by atoms with van der Waals surface area (Å²) in [7, 11) is -1.95. The molecule has 0 spiro atoms. The molecule has 2 aliphatic rings. The highest BCUT2D eigenvalue weighted by Gasteiger charge is 2.45. The van der Waals surface area contributed by atoms with Crippen molar-refractivity contribution in [3.63, 3.8) is 0 Å². The van der Waals surface area contributed by atoms with Gasteiger partial charge in [0.05, 0.1) is 53.8 Å². The minimum Gasteiger partial charge on any atom is -0.386 e. The molecule has 2 aliphatic heterocycles. The fourth-order valence-corrected chi connectivity index (χ4v) is 10.2. The molecule has 0 atom stereocenters. The van der Waals surface area contributed by atoms with E-state index in [1.54, 1.807) is 0 Å². The SMILES string of the molecule is O=S1CC(Cn2nnc(-c3ccccc3Cc3ccc(C(F)(F)F)cc3)n2)(OCc2ccccc2)C1.O=S1CC(O)(Cn2nnc(-c3ccccc3Cc3ccc(C(F)(F)F)cc3)n2)C1. The third-order valence-electron chi connectivity index (χ3n) is 10.7. The second-order valence-corrected chi connectivity index (χ2v) is 18.9. The van der Waals surface area contributed by atoms with Gasteiger partial charge in [-0.15, -0.1) is 20.4 Å². The van der Waals surface area contributed by atoms with Crippen molar-refractivity contribution >= 4 is 21.6 Å². The molecule has 0 bridgehead atoms. The molecule has 65 heavy (non-hydrogen) atoms. The van der Waals surface area contributed by atoms with Crippen LogP contribution < -0.4 is 0 Å². The van der Waals surface area contributed by atoms with Crippen LogP contribution in [0.5, 0.6) is 0 Å². The van der Waals surface area contributed by atoms with Crippen molar-refractivity contribution in [2.24, 2.45) is 0 Å². The standard InChI is InChI=1S/C26H23F3N4O2S.C19H17F3N4O2S/c27-26(28,29)22-12-10-19(11-13-22)14-21-8-4-5-9-23(21)24-30-32-33(31-24)16-25(17-36(34)18-25)35-15-20-6-2-1-3-7-20;20-19(21,22)15-7-5-13(6-8-15)9-14-3-1-2-4-16(14)17-23-25-26(24-17)10-18(27)11-29(28)12-18/h1-13H,14-18H2;1-8,27H,9-12H2. The average molecular weight is 935 g/mol. The quantitative estimate of drug-likeness (QED) is 0.119. The van der Waals surface area contributed by atoms with Gasteiger partial charge in [0.2, 0.25) is 11.6 Å². The lowest BCUT2D eigenvalue weighted by Crippen LogP contribution is -2.56. The van der Waals surface area contributed by atoms with E-state index in [1.807, 2.05) is 78.9 Å². The zero-order valence-electron chi connectivity index (χ0n) is 34.3. The molecule has 2 aromatic heterocycles. The number of rotatable bonds is 13. The molecule has 338 valence electrons. The maximum Gasteiger partial charge on any atom is 0.416 e. The number of aromatic nitrogens is 8. The van der Waals surface area contributed by atoms with E-state index in [0.717, 1.165) is 57.6 Å². The summed E-state index contributed by atoms with van der Waals surface area (Å²) in [5.41, 5.74) is 2.60. The van der Waals surface area contributed by atoms with Crippen LogP contribution in [0, 0.1) is 0 Å². The number of benzene rings is 5. The van der Waals surface area contributed by atoms with Crippen LogP contribution in [0.3, 0.4) is 0 Å². The molecule has 7 aromatic rings.